The number of aliphatic hydroxyl groups is 1. The summed E-state index contributed by atoms with van der Waals surface area (Å²) in [5.41, 5.74) is 5.91. The molecule has 6 heteroatoms. The Hall–Kier alpha value is -1.40. The lowest BCUT2D eigenvalue weighted by Gasteiger charge is -2.07. The van der Waals surface area contributed by atoms with Crippen LogP contribution in [-0.4, -0.2) is 24.0 Å². The third kappa shape index (κ3) is 2.23. The van der Waals surface area contributed by atoms with Gasteiger partial charge >= 0.3 is 6.29 Å². The lowest BCUT2D eigenvalue weighted by atomic mass is 10.1. The fourth-order valence-corrected chi connectivity index (χ4v) is 1.48. The van der Waals surface area contributed by atoms with E-state index in [9.17, 15) is 13.9 Å². The molecule has 1 heterocycles. The van der Waals surface area contributed by atoms with Crippen LogP contribution in [0.25, 0.3) is 0 Å². The van der Waals surface area contributed by atoms with Gasteiger partial charge in [0.1, 0.15) is 0 Å². The van der Waals surface area contributed by atoms with Crippen molar-refractivity contribution in [3.8, 4) is 11.5 Å². The highest BCUT2D eigenvalue weighted by atomic mass is 19.3. The highest BCUT2D eigenvalue weighted by Gasteiger charge is 2.43. The van der Waals surface area contributed by atoms with Crippen LogP contribution in [0.5, 0.6) is 11.5 Å². The fourth-order valence-electron chi connectivity index (χ4n) is 1.48. The van der Waals surface area contributed by atoms with E-state index in [-0.39, 0.29) is 18.0 Å². The molecule has 1 aromatic rings. The second-order valence-corrected chi connectivity index (χ2v) is 3.54. The van der Waals surface area contributed by atoms with E-state index in [2.05, 4.69) is 9.47 Å². The van der Waals surface area contributed by atoms with E-state index in [1.54, 1.807) is 6.07 Å². The first-order valence-corrected chi connectivity index (χ1v) is 4.77. The van der Waals surface area contributed by atoms with Gasteiger partial charge in [-0.25, -0.2) is 0 Å². The molecule has 16 heavy (non-hydrogen) atoms. The molecule has 2 rings (SSSR count). The van der Waals surface area contributed by atoms with Gasteiger partial charge in [-0.15, -0.1) is 8.78 Å². The van der Waals surface area contributed by atoms with E-state index < -0.39 is 12.4 Å². The summed E-state index contributed by atoms with van der Waals surface area (Å²) in [6, 6.07) is 4.38. The molecule has 88 valence electrons. The maximum atomic E-state index is 12.7. The topological polar surface area (TPSA) is 64.7 Å². The molecule has 1 atom stereocenters. The molecule has 1 aliphatic rings. The van der Waals surface area contributed by atoms with E-state index in [0.29, 0.717) is 12.0 Å². The van der Waals surface area contributed by atoms with E-state index >= 15 is 0 Å². The minimum atomic E-state index is -3.60. The average Bonchev–Trinajstić information content (AvgIpc) is 2.51. The van der Waals surface area contributed by atoms with Gasteiger partial charge in [0.25, 0.3) is 0 Å². The predicted octanol–water partition coefficient (Wildman–Crippen LogP) is 0.870. The van der Waals surface area contributed by atoms with Crippen LogP contribution >= 0.6 is 0 Å². The number of alkyl halides is 2. The number of aliphatic hydroxyl groups excluding tert-OH is 1. The number of rotatable bonds is 3. The lowest BCUT2D eigenvalue weighted by molar-refractivity contribution is -0.286. The summed E-state index contributed by atoms with van der Waals surface area (Å²) >= 11 is 0. The SMILES string of the molecule is NCC(O)Cc1ccc2c(c1)OC(F)(F)O2. The Bertz CT molecular complexity index is 398. The molecule has 1 aromatic carbocycles. The van der Waals surface area contributed by atoms with Gasteiger partial charge in [0.05, 0.1) is 6.10 Å². The van der Waals surface area contributed by atoms with Crippen molar-refractivity contribution in [3.63, 3.8) is 0 Å². The standard InChI is InChI=1S/C10H11F2NO3/c11-10(12)15-8-2-1-6(3-7(14)5-13)4-9(8)16-10/h1-2,4,7,14H,3,5,13H2. The first-order chi connectivity index (χ1) is 7.50. The zero-order valence-electron chi connectivity index (χ0n) is 8.32. The number of ether oxygens (including phenoxy) is 2. The number of hydrogen-bond donors (Lipinski definition) is 2. The highest BCUT2D eigenvalue weighted by Crippen LogP contribution is 2.41. The molecule has 3 N–H and O–H groups in total. The normalized spacial score (nSPS) is 18.5. The fraction of sp³-hybridized carbons (Fsp3) is 0.400. The smallest absolute Gasteiger partial charge is 0.395 e. The lowest BCUT2D eigenvalue weighted by Crippen LogP contribution is -2.26. The molecule has 0 bridgehead atoms. The van der Waals surface area contributed by atoms with E-state index in [1.807, 2.05) is 0 Å². The molecular weight excluding hydrogens is 220 g/mol. The third-order valence-electron chi connectivity index (χ3n) is 2.21. The van der Waals surface area contributed by atoms with Crippen LogP contribution in [0.1, 0.15) is 5.56 Å². The number of halogens is 2. The van der Waals surface area contributed by atoms with Gasteiger partial charge in [0, 0.05) is 6.54 Å². The van der Waals surface area contributed by atoms with E-state index in [1.165, 1.54) is 12.1 Å². The quantitative estimate of drug-likeness (QED) is 0.810. The molecule has 0 spiro atoms. The molecule has 4 nitrogen and oxygen atoms in total. The first kappa shape index (κ1) is 11.1. The van der Waals surface area contributed by atoms with Crippen molar-refractivity contribution in [2.75, 3.05) is 6.54 Å². The molecular formula is C10H11F2NO3. The zero-order valence-corrected chi connectivity index (χ0v) is 8.32. The van der Waals surface area contributed by atoms with Crippen LogP contribution in [0.2, 0.25) is 0 Å². The van der Waals surface area contributed by atoms with Crippen molar-refractivity contribution in [2.24, 2.45) is 5.73 Å². The van der Waals surface area contributed by atoms with Gasteiger partial charge in [0.15, 0.2) is 11.5 Å². The Kier molecular flexibility index (Phi) is 2.69. The van der Waals surface area contributed by atoms with Gasteiger partial charge in [-0.1, -0.05) is 6.07 Å². The van der Waals surface area contributed by atoms with Crippen molar-refractivity contribution < 1.29 is 23.4 Å². The van der Waals surface area contributed by atoms with Gasteiger partial charge in [-0.2, -0.15) is 0 Å². The Morgan fingerprint density at radius 2 is 2.00 bits per heavy atom. The molecule has 0 saturated heterocycles. The molecule has 1 unspecified atom stereocenters. The predicted molar refractivity (Wildman–Crippen MR) is 51.4 cm³/mol. The third-order valence-corrected chi connectivity index (χ3v) is 2.21. The summed E-state index contributed by atoms with van der Waals surface area (Å²) in [7, 11) is 0. The molecule has 0 aliphatic carbocycles. The summed E-state index contributed by atoms with van der Waals surface area (Å²) in [4.78, 5) is 0. The van der Waals surface area contributed by atoms with Crippen molar-refractivity contribution in [1.82, 2.24) is 0 Å². The number of benzene rings is 1. The van der Waals surface area contributed by atoms with Crippen LogP contribution in [0.3, 0.4) is 0 Å². The molecule has 0 aromatic heterocycles. The van der Waals surface area contributed by atoms with Crippen LogP contribution in [0, 0.1) is 0 Å². The van der Waals surface area contributed by atoms with Crippen LogP contribution < -0.4 is 15.2 Å². The molecule has 1 aliphatic heterocycles. The Labute approximate surface area is 90.6 Å². The second kappa shape index (κ2) is 3.88. The number of fused-ring (bicyclic) bond motifs is 1. The Balaban J connectivity index is 2.16. The Morgan fingerprint density at radius 3 is 2.69 bits per heavy atom. The average molecular weight is 231 g/mol. The summed E-state index contributed by atoms with van der Waals surface area (Å²) in [6.07, 6.45) is -4.01. The summed E-state index contributed by atoms with van der Waals surface area (Å²) in [6.45, 7) is 0.116. The second-order valence-electron chi connectivity index (χ2n) is 3.54. The van der Waals surface area contributed by atoms with Gasteiger partial charge in [-0.3, -0.25) is 0 Å². The van der Waals surface area contributed by atoms with Crippen molar-refractivity contribution in [3.05, 3.63) is 23.8 Å². The number of nitrogens with two attached hydrogens (primary N) is 1. The minimum absolute atomic E-state index is 0.00371. The molecule has 0 amide bonds. The minimum Gasteiger partial charge on any atom is -0.395 e. The first-order valence-electron chi connectivity index (χ1n) is 4.77. The summed E-state index contributed by atoms with van der Waals surface area (Å²) in [5.74, 6) is -0.0253. The Morgan fingerprint density at radius 1 is 1.31 bits per heavy atom. The maximum absolute atomic E-state index is 12.7. The largest absolute Gasteiger partial charge is 0.586 e. The summed E-state index contributed by atoms with van der Waals surface area (Å²) < 4.78 is 33.9. The maximum Gasteiger partial charge on any atom is 0.586 e. The van der Waals surface area contributed by atoms with Crippen molar-refractivity contribution >= 4 is 0 Å². The van der Waals surface area contributed by atoms with Gasteiger partial charge in [0.2, 0.25) is 0 Å². The van der Waals surface area contributed by atoms with Crippen LogP contribution in [-0.2, 0) is 6.42 Å². The highest BCUT2D eigenvalue weighted by molar-refractivity contribution is 5.45. The van der Waals surface area contributed by atoms with Gasteiger partial charge in [-0.05, 0) is 24.1 Å². The molecule has 0 saturated carbocycles. The number of hydrogen-bond acceptors (Lipinski definition) is 4. The van der Waals surface area contributed by atoms with Crippen molar-refractivity contribution in [1.29, 1.82) is 0 Å². The zero-order chi connectivity index (χ0) is 11.8. The van der Waals surface area contributed by atoms with E-state index in [0.717, 1.165) is 0 Å². The molecule has 0 radical (unpaired) electrons. The molecule has 0 fully saturated rings. The van der Waals surface area contributed by atoms with Gasteiger partial charge < -0.3 is 20.3 Å². The van der Waals surface area contributed by atoms with Crippen LogP contribution in [0.15, 0.2) is 18.2 Å². The monoisotopic (exact) mass is 231 g/mol. The van der Waals surface area contributed by atoms with Crippen LogP contribution in [0.4, 0.5) is 8.78 Å². The van der Waals surface area contributed by atoms with Crippen molar-refractivity contribution in [2.45, 2.75) is 18.8 Å². The summed E-state index contributed by atoms with van der Waals surface area (Å²) in [5, 5.41) is 9.32. The van der Waals surface area contributed by atoms with E-state index in [4.69, 9.17) is 5.73 Å².